The van der Waals surface area contributed by atoms with Crippen molar-refractivity contribution in [1.82, 2.24) is 9.88 Å². The number of nitrogens with zero attached hydrogens (tertiary/aromatic N) is 3. The smallest absolute Gasteiger partial charge is 0.191 e. The zero-order valence-electron chi connectivity index (χ0n) is 9.88. The third-order valence-electron chi connectivity index (χ3n) is 2.73. The third-order valence-corrected chi connectivity index (χ3v) is 2.73. The largest absolute Gasteiger partial charge is 0.378 e. The molecule has 1 fully saturated rings. The molecule has 0 spiro atoms. The summed E-state index contributed by atoms with van der Waals surface area (Å²) < 4.78 is 5.26. The van der Waals surface area contributed by atoms with E-state index < -0.39 is 0 Å². The molecule has 17 heavy (non-hydrogen) atoms. The summed E-state index contributed by atoms with van der Waals surface area (Å²) in [6.07, 6.45) is 4.51. The van der Waals surface area contributed by atoms with Gasteiger partial charge in [-0.25, -0.2) is 0 Å². The molecule has 5 nitrogen and oxygen atoms in total. The molecule has 0 aromatic carbocycles. The maximum absolute atomic E-state index is 5.92. The Balaban J connectivity index is 1.79. The highest BCUT2D eigenvalue weighted by atomic mass is 16.5. The summed E-state index contributed by atoms with van der Waals surface area (Å²) in [6, 6.07) is 3.98. The summed E-state index contributed by atoms with van der Waals surface area (Å²) in [7, 11) is 0. The Morgan fingerprint density at radius 1 is 1.47 bits per heavy atom. The number of hydrogen-bond donors (Lipinski definition) is 1. The van der Waals surface area contributed by atoms with Gasteiger partial charge in [-0.05, 0) is 18.1 Å². The average Bonchev–Trinajstić information content (AvgIpc) is 2.41. The van der Waals surface area contributed by atoms with Crippen LogP contribution in [-0.2, 0) is 11.2 Å². The highest BCUT2D eigenvalue weighted by Crippen LogP contribution is 1.99. The molecule has 1 saturated heterocycles. The zero-order valence-corrected chi connectivity index (χ0v) is 9.88. The van der Waals surface area contributed by atoms with Gasteiger partial charge in [0.15, 0.2) is 5.96 Å². The zero-order chi connectivity index (χ0) is 11.9. The van der Waals surface area contributed by atoms with Crippen molar-refractivity contribution in [1.29, 1.82) is 0 Å². The van der Waals surface area contributed by atoms with Crippen molar-refractivity contribution in [2.45, 2.75) is 6.42 Å². The van der Waals surface area contributed by atoms with Crippen molar-refractivity contribution in [3.05, 3.63) is 30.1 Å². The minimum absolute atomic E-state index is 0.622. The molecular weight excluding hydrogens is 216 g/mol. The molecule has 0 atom stereocenters. The summed E-state index contributed by atoms with van der Waals surface area (Å²) >= 11 is 0. The van der Waals surface area contributed by atoms with E-state index in [1.54, 1.807) is 6.20 Å². The molecule has 0 amide bonds. The van der Waals surface area contributed by atoms with Gasteiger partial charge in [-0.3, -0.25) is 9.98 Å². The van der Waals surface area contributed by atoms with Gasteiger partial charge in [-0.2, -0.15) is 0 Å². The monoisotopic (exact) mass is 234 g/mol. The topological polar surface area (TPSA) is 63.7 Å². The quantitative estimate of drug-likeness (QED) is 0.602. The molecule has 1 aromatic rings. The molecule has 0 radical (unpaired) electrons. The highest BCUT2D eigenvalue weighted by Gasteiger charge is 2.11. The van der Waals surface area contributed by atoms with Crippen molar-refractivity contribution >= 4 is 5.96 Å². The van der Waals surface area contributed by atoms with Gasteiger partial charge in [-0.1, -0.05) is 6.07 Å². The van der Waals surface area contributed by atoms with E-state index >= 15 is 0 Å². The minimum atomic E-state index is 0.622. The number of hydrogen-bond acceptors (Lipinski definition) is 3. The second-order valence-corrected chi connectivity index (χ2v) is 3.95. The Morgan fingerprint density at radius 3 is 3.00 bits per heavy atom. The standard InChI is InChI=1S/C12H18N4O/c13-12(16-6-8-17-9-7-16)15-5-3-11-2-1-4-14-10-11/h1-2,4,10H,3,5-9H2,(H2,13,15). The lowest BCUT2D eigenvalue weighted by Gasteiger charge is -2.27. The first-order chi connectivity index (χ1) is 8.36. The first-order valence-electron chi connectivity index (χ1n) is 5.88. The Hall–Kier alpha value is -1.62. The first-order valence-corrected chi connectivity index (χ1v) is 5.88. The van der Waals surface area contributed by atoms with Gasteiger partial charge in [0.05, 0.1) is 13.2 Å². The Kier molecular flexibility index (Phi) is 4.32. The lowest BCUT2D eigenvalue weighted by molar-refractivity contribution is 0.0674. The van der Waals surface area contributed by atoms with Gasteiger partial charge in [0.25, 0.3) is 0 Å². The van der Waals surface area contributed by atoms with E-state index in [1.807, 2.05) is 18.3 Å². The van der Waals surface area contributed by atoms with Crippen molar-refractivity contribution in [2.75, 3.05) is 32.8 Å². The number of morpholine rings is 1. The molecule has 2 rings (SSSR count). The lowest BCUT2D eigenvalue weighted by atomic mass is 10.2. The molecule has 2 heterocycles. The van der Waals surface area contributed by atoms with Crippen LogP contribution in [0, 0.1) is 0 Å². The third kappa shape index (κ3) is 3.71. The van der Waals surface area contributed by atoms with Crippen LogP contribution in [0.15, 0.2) is 29.5 Å². The molecular formula is C12H18N4O. The van der Waals surface area contributed by atoms with Gasteiger partial charge < -0.3 is 15.4 Å². The second-order valence-electron chi connectivity index (χ2n) is 3.95. The van der Waals surface area contributed by atoms with Gasteiger partial charge in [0.1, 0.15) is 0 Å². The minimum Gasteiger partial charge on any atom is -0.378 e. The van der Waals surface area contributed by atoms with E-state index in [-0.39, 0.29) is 0 Å². The predicted octanol–water partition coefficient (Wildman–Crippen LogP) is 0.271. The number of guanidine groups is 1. The number of nitrogens with two attached hydrogens (primary N) is 1. The molecule has 1 aromatic heterocycles. The van der Waals surface area contributed by atoms with E-state index in [2.05, 4.69) is 14.9 Å². The first kappa shape index (κ1) is 11.9. The number of ether oxygens (including phenoxy) is 1. The van der Waals surface area contributed by atoms with Crippen LogP contribution < -0.4 is 5.73 Å². The summed E-state index contributed by atoms with van der Waals surface area (Å²) in [5.74, 6) is 0.622. The molecule has 5 heteroatoms. The number of pyridine rings is 1. The van der Waals surface area contributed by atoms with Crippen LogP contribution in [0.1, 0.15) is 5.56 Å². The molecule has 0 saturated carbocycles. The number of aliphatic imine (C=N–C) groups is 1. The molecule has 0 aliphatic carbocycles. The van der Waals surface area contributed by atoms with Crippen molar-refractivity contribution < 1.29 is 4.74 Å². The molecule has 0 unspecified atom stereocenters. The maximum Gasteiger partial charge on any atom is 0.191 e. The van der Waals surface area contributed by atoms with Crippen LogP contribution in [0.3, 0.4) is 0 Å². The van der Waals surface area contributed by atoms with Crippen LogP contribution in [0.5, 0.6) is 0 Å². The van der Waals surface area contributed by atoms with Crippen molar-refractivity contribution in [3.63, 3.8) is 0 Å². The average molecular weight is 234 g/mol. The van der Waals surface area contributed by atoms with Crippen molar-refractivity contribution in [3.8, 4) is 0 Å². The molecule has 1 aliphatic rings. The van der Waals surface area contributed by atoms with Crippen molar-refractivity contribution in [2.24, 2.45) is 10.7 Å². The molecule has 2 N–H and O–H groups in total. The fraction of sp³-hybridized carbons (Fsp3) is 0.500. The normalized spacial score (nSPS) is 17.2. The molecule has 92 valence electrons. The Labute approximate surface area is 101 Å². The van der Waals surface area contributed by atoms with Gasteiger partial charge in [0.2, 0.25) is 0 Å². The lowest BCUT2D eigenvalue weighted by Crippen LogP contribution is -2.44. The van der Waals surface area contributed by atoms with Gasteiger partial charge in [0, 0.05) is 32.0 Å². The SMILES string of the molecule is NC(=NCCc1cccnc1)N1CCOCC1. The van der Waals surface area contributed by atoms with Crippen LogP contribution in [-0.4, -0.2) is 48.7 Å². The summed E-state index contributed by atoms with van der Waals surface area (Å²) in [4.78, 5) is 10.5. The molecule has 0 bridgehead atoms. The van der Waals surface area contributed by atoms with Crippen LogP contribution >= 0.6 is 0 Å². The van der Waals surface area contributed by atoms with Crippen LogP contribution in [0.4, 0.5) is 0 Å². The van der Waals surface area contributed by atoms with Gasteiger partial charge in [-0.15, -0.1) is 0 Å². The fourth-order valence-electron chi connectivity index (χ4n) is 1.74. The molecule has 1 aliphatic heterocycles. The van der Waals surface area contributed by atoms with E-state index in [0.29, 0.717) is 12.5 Å². The fourth-order valence-corrected chi connectivity index (χ4v) is 1.74. The highest BCUT2D eigenvalue weighted by molar-refractivity contribution is 5.78. The Morgan fingerprint density at radius 2 is 2.29 bits per heavy atom. The number of aromatic nitrogens is 1. The van der Waals surface area contributed by atoms with Crippen LogP contribution in [0.2, 0.25) is 0 Å². The summed E-state index contributed by atoms with van der Waals surface area (Å²) in [5.41, 5.74) is 7.10. The Bertz CT molecular complexity index is 360. The van der Waals surface area contributed by atoms with E-state index in [0.717, 1.165) is 32.7 Å². The summed E-state index contributed by atoms with van der Waals surface area (Å²) in [5, 5.41) is 0. The van der Waals surface area contributed by atoms with E-state index in [4.69, 9.17) is 10.5 Å². The summed E-state index contributed by atoms with van der Waals surface area (Å²) in [6.45, 7) is 3.84. The number of rotatable bonds is 3. The maximum atomic E-state index is 5.92. The van der Waals surface area contributed by atoms with Crippen LogP contribution in [0.25, 0.3) is 0 Å². The van der Waals surface area contributed by atoms with Gasteiger partial charge >= 0.3 is 0 Å². The van der Waals surface area contributed by atoms with E-state index in [1.165, 1.54) is 5.56 Å². The van der Waals surface area contributed by atoms with E-state index in [9.17, 15) is 0 Å². The predicted molar refractivity (Wildman–Crippen MR) is 66.8 cm³/mol. The second kappa shape index (κ2) is 6.20.